The summed E-state index contributed by atoms with van der Waals surface area (Å²) in [6.45, 7) is 0. The van der Waals surface area contributed by atoms with E-state index in [9.17, 15) is 28.1 Å². The predicted molar refractivity (Wildman–Crippen MR) is 131 cm³/mol. The molecule has 0 atom stereocenters. The van der Waals surface area contributed by atoms with E-state index in [4.69, 9.17) is 18.9 Å². The van der Waals surface area contributed by atoms with Gasteiger partial charge in [-0.3, -0.25) is 14.9 Å². The van der Waals surface area contributed by atoms with Crippen LogP contribution in [0.3, 0.4) is 0 Å². The van der Waals surface area contributed by atoms with E-state index < -0.39 is 28.3 Å². The van der Waals surface area contributed by atoms with Crippen LogP contribution in [0.4, 0.5) is 24.5 Å². The Morgan fingerprint density at radius 2 is 1.64 bits per heavy atom. The van der Waals surface area contributed by atoms with Gasteiger partial charge in [0.15, 0.2) is 22.8 Å². The molecule has 2 heterocycles. The van der Waals surface area contributed by atoms with Crippen molar-refractivity contribution < 1.29 is 41.8 Å². The Balaban J connectivity index is 1.87. The van der Waals surface area contributed by atoms with Crippen molar-refractivity contribution in [2.24, 2.45) is 0 Å². The second-order valence-corrected chi connectivity index (χ2v) is 7.86. The average Bonchev–Trinajstić information content (AvgIpc) is 3.34. The highest BCUT2D eigenvalue weighted by Crippen LogP contribution is 2.42. The molecule has 0 unspecified atom stereocenters. The minimum Gasteiger partial charge on any atom is -0.496 e. The molecular formula is C24H20F3N5O7. The molecule has 0 bridgehead atoms. The van der Waals surface area contributed by atoms with Gasteiger partial charge in [-0.1, -0.05) is 0 Å². The second-order valence-electron chi connectivity index (χ2n) is 7.86. The van der Waals surface area contributed by atoms with Crippen LogP contribution in [0.5, 0.6) is 23.0 Å². The number of anilines is 1. The molecule has 0 spiro atoms. The quantitative estimate of drug-likeness (QED) is 0.247. The average molecular weight is 547 g/mol. The van der Waals surface area contributed by atoms with Crippen molar-refractivity contribution in [1.82, 2.24) is 14.6 Å². The van der Waals surface area contributed by atoms with Gasteiger partial charge in [0.1, 0.15) is 11.3 Å². The Bertz CT molecular complexity index is 1560. The molecule has 0 fully saturated rings. The van der Waals surface area contributed by atoms with E-state index in [0.29, 0.717) is 4.52 Å². The lowest BCUT2D eigenvalue weighted by Gasteiger charge is -2.15. The lowest BCUT2D eigenvalue weighted by molar-refractivity contribution is -0.384. The molecule has 15 heteroatoms. The molecule has 0 saturated carbocycles. The number of nitro benzene ring substituents is 1. The Labute approximate surface area is 218 Å². The summed E-state index contributed by atoms with van der Waals surface area (Å²) in [4.78, 5) is 27.9. The molecule has 204 valence electrons. The first-order chi connectivity index (χ1) is 18.5. The summed E-state index contributed by atoms with van der Waals surface area (Å²) in [5.74, 6) is -0.254. The number of fused-ring (bicyclic) bond motifs is 1. The standard InChI is InChI=1S/C24H20F3N5O7/c1-36-15-8-13(7-14(9-15)32(34)35)29-23(33)16-11-28-31-20(24(25,26)27)10-17(30-22(16)31)12-5-18(37-2)21(39-4)19(6-12)38-3/h5-11H,1-4H3,(H,29,33). The Morgan fingerprint density at radius 3 is 2.18 bits per heavy atom. The number of methoxy groups -OCH3 is 4. The number of hydrogen-bond acceptors (Lipinski definition) is 9. The fraction of sp³-hybridized carbons (Fsp3) is 0.208. The summed E-state index contributed by atoms with van der Waals surface area (Å²) in [7, 11) is 5.35. The number of rotatable bonds is 8. The number of nitrogens with zero attached hydrogens (tertiary/aromatic N) is 4. The number of nitrogens with one attached hydrogen (secondary N) is 1. The molecule has 2 aromatic heterocycles. The molecule has 1 amide bonds. The van der Waals surface area contributed by atoms with E-state index in [2.05, 4.69) is 15.4 Å². The summed E-state index contributed by atoms with van der Waals surface area (Å²) < 4.78 is 63.5. The molecule has 2 aromatic carbocycles. The number of ether oxygens (including phenoxy) is 4. The topological polar surface area (TPSA) is 139 Å². The van der Waals surface area contributed by atoms with Crippen molar-refractivity contribution >= 4 is 22.9 Å². The zero-order valence-electron chi connectivity index (χ0n) is 20.8. The third kappa shape index (κ3) is 5.18. The van der Waals surface area contributed by atoms with Gasteiger partial charge in [-0.25, -0.2) is 9.50 Å². The largest absolute Gasteiger partial charge is 0.496 e. The van der Waals surface area contributed by atoms with Gasteiger partial charge >= 0.3 is 6.18 Å². The SMILES string of the molecule is COc1cc(NC(=O)c2cnn3c(C(F)(F)F)cc(-c4cc(OC)c(OC)c(OC)c4)nc23)cc([N+](=O)[O-])c1. The molecule has 4 aromatic rings. The number of carbonyl (C=O) groups excluding carboxylic acids is 1. The molecule has 0 aliphatic rings. The number of amides is 1. The van der Waals surface area contributed by atoms with Crippen LogP contribution in [0.2, 0.25) is 0 Å². The Hall–Kier alpha value is -5.08. The van der Waals surface area contributed by atoms with E-state index in [-0.39, 0.29) is 51.2 Å². The van der Waals surface area contributed by atoms with E-state index in [1.165, 1.54) is 46.6 Å². The third-order valence-electron chi connectivity index (χ3n) is 5.56. The Morgan fingerprint density at radius 1 is 0.974 bits per heavy atom. The van der Waals surface area contributed by atoms with E-state index in [1.54, 1.807) is 0 Å². The molecule has 0 radical (unpaired) electrons. The van der Waals surface area contributed by atoms with Crippen LogP contribution in [0.1, 0.15) is 16.1 Å². The van der Waals surface area contributed by atoms with Crippen LogP contribution in [-0.2, 0) is 6.18 Å². The van der Waals surface area contributed by atoms with Gasteiger partial charge in [0.25, 0.3) is 11.6 Å². The molecular weight excluding hydrogens is 527 g/mol. The molecule has 1 N–H and O–H groups in total. The molecule has 0 saturated heterocycles. The van der Waals surface area contributed by atoms with Crippen LogP contribution in [0, 0.1) is 10.1 Å². The monoisotopic (exact) mass is 547 g/mol. The van der Waals surface area contributed by atoms with Crippen LogP contribution in [-0.4, -0.2) is 53.9 Å². The van der Waals surface area contributed by atoms with E-state index in [0.717, 1.165) is 24.4 Å². The van der Waals surface area contributed by atoms with Gasteiger partial charge in [0, 0.05) is 17.7 Å². The first kappa shape index (κ1) is 27.0. The molecule has 39 heavy (non-hydrogen) atoms. The second kappa shape index (κ2) is 10.4. The summed E-state index contributed by atoms with van der Waals surface area (Å²) in [5.41, 5.74) is -2.32. The van der Waals surface area contributed by atoms with Gasteiger partial charge in [-0.2, -0.15) is 18.3 Å². The number of hydrogen-bond donors (Lipinski definition) is 1. The summed E-state index contributed by atoms with van der Waals surface area (Å²) >= 11 is 0. The molecule has 0 aliphatic carbocycles. The highest BCUT2D eigenvalue weighted by molar-refractivity contribution is 6.08. The maximum atomic E-state index is 14.0. The molecule has 4 rings (SSSR count). The fourth-order valence-electron chi connectivity index (χ4n) is 3.78. The van der Waals surface area contributed by atoms with Gasteiger partial charge in [-0.05, 0) is 18.2 Å². The van der Waals surface area contributed by atoms with Gasteiger partial charge < -0.3 is 24.3 Å². The highest BCUT2D eigenvalue weighted by Gasteiger charge is 2.36. The molecule has 0 aliphatic heterocycles. The predicted octanol–water partition coefficient (Wildman–Crippen LogP) is 4.61. The van der Waals surface area contributed by atoms with Crippen molar-refractivity contribution in [3.05, 3.63) is 64.0 Å². The number of carbonyl (C=O) groups is 1. The van der Waals surface area contributed by atoms with Gasteiger partial charge in [0.05, 0.1) is 57.0 Å². The van der Waals surface area contributed by atoms with Crippen molar-refractivity contribution in [1.29, 1.82) is 0 Å². The van der Waals surface area contributed by atoms with E-state index >= 15 is 0 Å². The van der Waals surface area contributed by atoms with E-state index in [1.807, 2.05) is 0 Å². The van der Waals surface area contributed by atoms with Crippen molar-refractivity contribution in [2.45, 2.75) is 6.18 Å². The lowest BCUT2D eigenvalue weighted by Crippen LogP contribution is -2.16. The summed E-state index contributed by atoms with van der Waals surface area (Å²) in [5, 5.41) is 17.4. The first-order valence-electron chi connectivity index (χ1n) is 10.9. The van der Waals surface area contributed by atoms with Crippen LogP contribution >= 0.6 is 0 Å². The van der Waals surface area contributed by atoms with Crippen molar-refractivity contribution in [2.75, 3.05) is 33.8 Å². The number of nitro groups is 1. The maximum absolute atomic E-state index is 14.0. The molecule has 12 nitrogen and oxygen atoms in total. The minimum atomic E-state index is -4.87. The van der Waals surface area contributed by atoms with Crippen LogP contribution < -0.4 is 24.3 Å². The number of non-ortho nitro benzene ring substituents is 1. The zero-order chi connectivity index (χ0) is 28.5. The van der Waals surface area contributed by atoms with Crippen LogP contribution in [0.15, 0.2) is 42.6 Å². The number of alkyl halides is 3. The van der Waals surface area contributed by atoms with Crippen molar-refractivity contribution in [3.8, 4) is 34.3 Å². The first-order valence-corrected chi connectivity index (χ1v) is 10.9. The number of aromatic nitrogens is 3. The number of halogens is 3. The fourth-order valence-corrected chi connectivity index (χ4v) is 3.78. The number of benzene rings is 2. The van der Waals surface area contributed by atoms with Crippen molar-refractivity contribution in [3.63, 3.8) is 0 Å². The Kier molecular flexibility index (Phi) is 7.16. The normalized spacial score (nSPS) is 11.3. The smallest absolute Gasteiger partial charge is 0.433 e. The zero-order valence-corrected chi connectivity index (χ0v) is 20.8. The highest BCUT2D eigenvalue weighted by atomic mass is 19.4. The summed E-state index contributed by atoms with van der Waals surface area (Å²) in [6, 6.07) is 7.12. The third-order valence-corrected chi connectivity index (χ3v) is 5.56. The minimum absolute atomic E-state index is 0.0257. The lowest BCUT2D eigenvalue weighted by atomic mass is 10.1. The summed E-state index contributed by atoms with van der Waals surface area (Å²) in [6.07, 6.45) is -3.95. The maximum Gasteiger partial charge on any atom is 0.433 e. The van der Waals surface area contributed by atoms with Gasteiger partial charge in [0.2, 0.25) is 5.75 Å². The van der Waals surface area contributed by atoms with Crippen LogP contribution in [0.25, 0.3) is 16.9 Å². The van der Waals surface area contributed by atoms with Gasteiger partial charge in [-0.15, -0.1) is 0 Å².